The lowest BCUT2D eigenvalue weighted by Crippen LogP contribution is -2.27. The molecule has 4 nitrogen and oxygen atoms in total. The minimum absolute atomic E-state index is 0.625. The molecule has 0 bridgehead atoms. The van der Waals surface area contributed by atoms with Gasteiger partial charge in [-0.15, -0.1) is 10.1 Å². The van der Waals surface area contributed by atoms with Gasteiger partial charge in [0, 0.05) is 0 Å². The van der Waals surface area contributed by atoms with E-state index in [-0.39, 0.29) is 0 Å². The van der Waals surface area contributed by atoms with E-state index in [2.05, 4.69) is 4.84 Å². The van der Waals surface area contributed by atoms with E-state index in [1.807, 2.05) is 6.92 Å². The van der Waals surface area contributed by atoms with E-state index in [9.17, 15) is 10.1 Å². The van der Waals surface area contributed by atoms with Crippen molar-refractivity contribution in [3.05, 3.63) is 10.1 Å². The summed E-state index contributed by atoms with van der Waals surface area (Å²) in [6.07, 6.45) is 2.72. The molecule has 0 aliphatic rings. The van der Waals surface area contributed by atoms with Gasteiger partial charge in [0.2, 0.25) is 0 Å². The van der Waals surface area contributed by atoms with Crippen LogP contribution in [0.25, 0.3) is 0 Å². The molecule has 0 aliphatic heterocycles. The van der Waals surface area contributed by atoms with Gasteiger partial charge in [0.25, 0.3) is 5.09 Å². The molecule has 0 aromatic rings. The SMILES string of the molecule is CCCCC(C)(C)O[N+](=O)[O-]. The molecule has 0 fully saturated rings. The largest absolute Gasteiger partial charge is 0.308 e. The van der Waals surface area contributed by atoms with Crippen LogP contribution in [-0.4, -0.2) is 10.7 Å². The number of rotatable bonds is 5. The van der Waals surface area contributed by atoms with Crippen molar-refractivity contribution in [1.82, 2.24) is 0 Å². The van der Waals surface area contributed by atoms with Gasteiger partial charge in [-0.2, -0.15) is 0 Å². The summed E-state index contributed by atoms with van der Waals surface area (Å²) in [5, 5.41) is 9.23. The molecular formula is C7H15NO3. The van der Waals surface area contributed by atoms with Gasteiger partial charge >= 0.3 is 0 Å². The Bertz CT molecular complexity index is 134. The second-order valence-corrected chi connectivity index (χ2v) is 3.18. The molecular weight excluding hydrogens is 146 g/mol. The van der Waals surface area contributed by atoms with Crippen LogP contribution in [-0.2, 0) is 4.84 Å². The summed E-state index contributed by atoms with van der Waals surface area (Å²) in [6, 6.07) is 0. The smallest absolute Gasteiger partial charge is 0.295 e. The molecule has 0 heterocycles. The lowest BCUT2D eigenvalue weighted by Gasteiger charge is -2.20. The number of hydrogen-bond acceptors (Lipinski definition) is 3. The highest BCUT2D eigenvalue weighted by Crippen LogP contribution is 2.17. The van der Waals surface area contributed by atoms with Gasteiger partial charge in [-0.25, -0.2) is 0 Å². The summed E-state index contributed by atoms with van der Waals surface area (Å²) < 4.78 is 0. The fourth-order valence-electron chi connectivity index (χ4n) is 0.850. The van der Waals surface area contributed by atoms with E-state index < -0.39 is 10.7 Å². The summed E-state index contributed by atoms with van der Waals surface area (Å²) in [5.41, 5.74) is -0.625. The Morgan fingerprint density at radius 3 is 2.45 bits per heavy atom. The topological polar surface area (TPSA) is 52.4 Å². The summed E-state index contributed by atoms with van der Waals surface area (Å²) in [5.74, 6) is 0. The van der Waals surface area contributed by atoms with Crippen LogP contribution in [0.5, 0.6) is 0 Å². The Balaban J connectivity index is 3.70. The van der Waals surface area contributed by atoms with Crippen LogP contribution < -0.4 is 0 Å². The Hall–Kier alpha value is -0.800. The third kappa shape index (κ3) is 5.63. The van der Waals surface area contributed by atoms with Crippen molar-refractivity contribution in [3.8, 4) is 0 Å². The van der Waals surface area contributed by atoms with Crippen molar-refractivity contribution in [1.29, 1.82) is 0 Å². The van der Waals surface area contributed by atoms with Gasteiger partial charge in [-0.05, 0) is 20.3 Å². The predicted octanol–water partition coefficient (Wildman–Crippen LogP) is 2.16. The van der Waals surface area contributed by atoms with E-state index in [4.69, 9.17) is 0 Å². The third-order valence-corrected chi connectivity index (χ3v) is 1.45. The molecule has 0 radical (unpaired) electrons. The average Bonchev–Trinajstić information content (AvgIpc) is 1.81. The van der Waals surface area contributed by atoms with Crippen LogP contribution >= 0.6 is 0 Å². The highest BCUT2D eigenvalue weighted by atomic mass is 17.0. The van der Waals surface area contributed by atoms with Crippen LogP contribution in [0.15, 0.2) is 0 Å². The Morgan fingerprint density at radius 1 is 1.55 bits per heavy atom. The van der Waals surface area contributed by atoms with Gasteiger partial charge in [-0.3, -0.25) is 0 Å². The van der Waals surface area contributed by atoms with Crippen molar-refractivity contribution in [2.45, 2.75) is 45.6 Å². The fourth-order valence-corrected chi connectivity index (χ4v) is 0.850. The Labute approximate surface area is 66.6 Å². The predicted molar refractivity (Wildman–Crippen MR) is 41.7 cm³/mol. The van der Waals surface area contributed by atoms with Gasteiger partial charge in [0.05, 0.1) is 0 Å². The minimum Gasteiger partial charge on any atom is -0.308 e. The standard InChI is InChI=1S/C7H15NO3/c1-4-5-6-7(2,3)11-8(9)10/h4-6H2,1-3H3. The minimum atomic E-state index is -0.727. The third-order valence-electron chi connectivity index (χ3n) is 1.45. The van der Waals surface area contributed by atoms with Crippen LogP contribution in [0.2, 0.25) is 0 Å². The zero-order valence-electron chi connectivity index (χ0n) is 7.29. The monoisotopic (exact) mass is 161 g/mol. The molecule has 0 spiro atoms. The zero-order valence-corrected chi connectivity index (χ0v) is 7.29. The molecule has 0 unspecified atom stereocenters. The first-order valence-corrected chi connectivity index (χ1v) is 3.81. The Morgan fingerprint density at radius 2 is 2.09 bits per heavy atom. The first-order valence-electron chi connectivity index (χ1n) is 3.81. The van der Waals surface area contributed by atoms with Crippen LogP contribution in [0.1, 0.15) is 40.0 Å². The molecule has 0 aliphatic carbocycles. The first kappa shape index (κ1) is 10.2. The van der Waals surface area contributed by atoms with Crippen molar-refractivity contribution in [3.63, 3.8) is 0 Å². The molecule has 0 aromatic carbocycles. The van der Waals surface area contributed by atoms with Crippen LogP contribution in [0.4, 0.5) is 0 Å². The number of unbranched alkanes of at least 4 members (excludes halogenated alkanes) is 1. The van der Waals surface area contributed by atoms with Crippen LogP contribution in [0, 0.1) is 10.1 Å². The van der Waals surface area contributed by atoms with E-state index in [1.165, 1.54) is 0 Å². The second kappa shape index (κ2) is 4.16. The Kier molecular flexibility index (Phi) is 3.85. The highest BCUT2D eigenvalue weighted by molar-refractivity contribution is 4.65. The van der Waals surface area contributed by atoms with Crippen molar-refractivity contribution < 1.29 is 9.92 Å². The van der Waals surface area contributed by atoms with Crippen molar-refractivity contribution >= 4 is 0 Å². The lowest BCUT2D eigenvalue weighted by atomic mass is 10.0. The summed E-state index contributed by atoms with van der Waals surface area (Å²) in [7, 11) is 0. The number of nitrogens with zero attached hydrogens (tertiary/aromatic N) is 1. The van der Waals surface area contributed by atoms with Gasteiger partial charge in [0.1, 0.15) is 5.60 Å². The molecule has 66 valence electrons. The van der Waals surface area contributed by atoms with Crippen LogP contribution in [0.3, 0.4) is 0 Å². The molecule has 0 aromatic heterocycles. The molecule has 0 rings (SSSR count). The van der Waals surface area contributed by atoms with Crippen molar-refractivity contribution in [2.75, 3.05) is 0 Å². The first-order chi connectivity index (χ1) is 4.98. The maximum atomic E-state index is 9.96. The molecule has 0 N–H and O–H groups in total. The summed E-state index contributed by atoms with van der Waals surface area (Å²) in [6.45, 7) is 5.50. The maximum absolute atomic E-state index is 9.96. The zero-order chi connectivity index (χ0) is 8.91. The molecule has 0 saturated heterocycles. The van der Waals surface area contributed by atoms with Crippen molar-refractivity contribution in [2.24, 2.45) is 0 Å². The van der Waals surface area contributed by atoms with E-state index in [1.54, 1.807) is 13.8 Å². The molecule has 0 saturated carbocycles. The summed E-state index contributed by atoms with van der Waals surface area (Å²) in [4.78, 5) is 14.4. The normalized spacial score (nSPS) is 11.2. The molecule has 4 heteroatoms. The van der Waals surface area contributed by atoms with Gasteiger partial charge in [0.15, 0.2) is 0 Å². The summed E-state index contributed by atoms with van der Waals surface area (Å²) >= 11 is 0. The van der Waals surface area contributed by atoms with E-state index in [0.29, 0.717) is 0 Å². The molecule has 0 amide bonds. The van der Waals surface area contributed by atoms with E-state index in [0.717, 1.165) is 19.3 Å². The quantitative estimate of drug-likeness (QED) is 0.458. The molecule has 0 atom stereocenters. The van der Waals surface area contributed by atoms with Gasteiger partial charge < -0.3 is 4.84 Å². The van der Waals surface area contributed by atoms with Gasteiger partial charge in [-0.1, -0.05) is 19.8 Å². The average molecular weight is 161 g/mol. The number of hydrogen-bond donors (Lipinski definition) is 0. The second-order valence-electron chi connectivity index (χ2n) is 3.18. The maximum Gasteiger partial charge on any atom is 0.295 e. The molecule has 11 heavy (non-hydrogen) atoms. The highest BCUT2D eigenvalue weighted by Gasteiger charge is 2.21. The lowest BCUT2D eigenvalue weighted by molar-refractivity contribution is -0.779. The fraction of sp³-hybridized carbons (Fsp3) is 1.00. The van der Waals surface area contributed by atoms with E-state index >= 15 is 0 Å².